The van der Waals surface area contributed by atoms with Crippen molar-refractivity contribution in [2.75, 3.05) is 19.6 Å². The van der Waals surface area contributed by atoms with Crippen molar-refractivity contribution in [1.82, 2.24) is 10.2 Å². The first-order valence-electron chi connectivity index (χ1n) is 6.40. The number of nitrogens with zero attached hydrogens (tertiary/aromatic N) is 2. The number of hydrogen-bond acceptors (Lipinski definition) is 4. The van der Waals surface area contributed by atoms with Gasteiger partial charge in [-0.25, -0.2) is 0 Å². The third-order valence-corrected chi connectivity index (χ3v) is 5.43. The summed E-state index contributed by atoms with van der Waals surface area (Å²) in [5, 5.41) is 12.3. The second-order valence-electron chi connectivity index (χ2n) is 5.12. The van der Waals surface area contributed by atoms with E-state index in [0.29, 0.717) is 20.7 Å². The first kappa shape index (κ1) is 12.9. The number of piperidine rings is 3. The van der Waals surface area contributed by atoms with Gasteiger partial charge >= 0.3 is 0 Å². The van der Waals surface area contributed by atoms with Gasteiger partial charge < -0.3 is 10.2 Å². The van der Waals surface area contributed by atoms with E-state index in [-0.39, 0.29) is 11.9 Å². The standard InChI is InChI=1S/C13H14ClN3OS/c14-9-5-11(19-12(9)6-15)13(18)16-10-7-17-3-1-8(10)2-4-17/h5,8,10H,1-4,7H2,(H,16,18). The minimum atomic E-state index is -0.104. The Balaban J connectivity index is 1.69. The SMILES string of the molecule is N#Cc1sc(C(=O)NC2CN3CCC2CC3)cc1Cl. The monoisotopic (exact) mass is 295 g/mol. The Morgan fingerprint density at radius 3 is 2.79 bits per heavy atom. The fraction of sp³-hybridized carbons (Fsp3) is 0.538. The number of hydrogen-bond donors (Lipinski definition) is 1. The lowest BCUT2D eigenvalue weighted by Gasteiger charge is -2.44. The fourth-order valence-corrected chi connectivity index (χ4v) is 4.01. The highest BCUT2D eigenvalue weighted by Gasteiger charge is 2.35. The van der Waals surface area contributed by atoms with Gasteiger partial charge in [-0.05, 0) is 37.9 Å². The molecule has 3 aliphatic rings. The third kappa shape index (κ3) is 2.48. The van der Waals surface area contributed by atoms with Crippen molar-refractivity contribution in [2.45, 2.75) is 18.9 Å². The quantitative estimate of drug-likeness (QED) is 0.909. The number of nitriles is 1. The van der Waals surface area contributed by atoms with Crippen molar-refractivity contribution >= 4 is 28.8 Å². The van der Waals surface area contributed by atoms with Gasteiger partial charge in [-0.15, -0.1) is 11.3 Å². The van der Waals surface area contributed by atoms with Crippen molar-refractivity contribution in [1.29, 1.82) is 5.26 Å². The molecule has 1 aromatic heterocycles. The lowest BCUT2D eigenvalue weighted by Crippen LogP contribution is -2.57. The molecular weight excluding hydrogens is 282 g/mol. The summed E-state index contributed by atoms with van der Waals surface area (Å²) >= 11 is 7.05. The first-order valence-corrected chi connectivity index (χ1v) is 7.59. The molecule has 1 aromatic rings. The number of carbonyl (C=O) groups is 1. The second kappa shape index (κ2) is 5.12. The fourth-order valence-electron chi connectivity index (χ4n) is 2.93. The number of amides is 1. The van der Waals surface area contributed by atoms with Crippen LogP contribution < -0.4 is 5.32 Å². The Morgan fingerprint density at radius 1 is 1.53 bits per heavy atom. The van der Waals surface area contributed by atoms with Crippen molar-refractivity contribution < 1.29 is 4.79 Å². The van der Waals surface area contributed by atoms with E-state index in [1.54, 1.807) is 6.07 Å². The van der Waals surface area contributed by atoms with Crippen LogP contribution in [0.1, 0.15) is 27.4 Å². The Kier molecular flexibility index (Phi) is 3.48. The highest BCUT2D eigenvalue weighted by Crippen LogP contribution is 2.29. The minimum absolute atomic E-state index is 0.104. The molecule has 4 rings (SSSR count). The molecule has 1 N–H and O–H groups in total. The highest BCUT2D eigenvalue weighted by molar-refractivity contribution is 7.15. The lowest BCUT2D eigenvalue weighted by molar-refractivity contribution is 0.0622. The van der Waals surface area contributed by atoms with Crippen molar-refractivity contribution in [2.24, 2.45) is 5.92 Å². The van der Waals surface area contributed by atoms with Crippen LogP contribution in [-0.2, 0) is 0 Å². The molecule has 1 amide bonds. The average molecular weight is 296 g/mol. The Bertz CT molecular complexity index is 543. The van der Waals surface area contributed by atoms with E-state index < -0.39 is 0 Å². The topological polar surface area (TPSA) is 56.1 Å². The van der Waals surface area contributed by atoms with Crippen molar-refractivity contribution in [3.63, 3.8) is 0 Å². The first-order chi connectivity index (χ1) is 9.17. The molecule has 19 heavy (non-hydrogen) atoms. The molecule has 1 atom stereocenters. The third-order valence-electron chi connectivity index (χ3n) is 3.98. The Labute approximate surface area is 121 Å². The zero-order valence-electron chi connectivity index (χ0n) is 10.4. The van der Waals surface area contributed by atoms with Crippen LogP contribution in [0.15, 0.2) is 6.07 Å². The van der Waals surface area contributed by atoms with E-state index in [1.165, 1.54) is 12.8 Å². The van der Waals surface area contributed by atoms with Gasteiger partial charge in [0.15, 0.2) is 0 Å². The number of carbonyl (C=O) groups excluding carboxylic acids is 1. The molecule has 0 radical (unpaired) electrons. The smallest absolute Gasteiger partial charge is 0.261 e. The molecule has 100 valence electrons. The van der Waals surface area contributed by atoms with Crippen LogP contribution in [0.25, 0.3) is 0 Å². The van der Waals surface area contributed by atoms with Crippen LogP contribution in [0.4, 0.5) is 0 Å². The maximum atomic E-state index is 12.2. The predicted molar refractivity (Wildman–Crippen MR) is 74.5 cm³/mol. The molecule has 2 bridgehead atoms. The maximum Gasteiger partial charge on any atom is 0.261 e. The summed E-state index contributed by atoms with van der Waals surface area (Å²) in [6.07, 6.45) is 2.33. The summed E-state index contributed by atoms with van der Waals surface area (Å²) in [7, 11) is 0. The molecule has 0 aliphatic carbocycles. The van der Waals surface area contributed by atoms with Crippen LogP contribution in [0.2, 0.25) is 5.02 Å². The Hall–Kier alpha value is -1.09. The summed E-state index contributed by atoms with van der Waals surface area (Å²) in [4.78, 5) is 15.5. The summed E-state index contributed by atoms with van der Waals surface area (Å²) in [6, 6.07) is 3.82. The Morgan fingerprint density at radius 2 is 2.26 bits per heavy atom. The molecule has 3 aliphatic heterocycles. The predicted octanol–water partition coefficient (Wildman–Crippen LogP) is 2.10. The van der Waals surface area contributed by atoms with E-state index >= 15 is 0 Å². The van der Waals surface area contributed by atoms with Crippen molar-refractivity contribution in [3.05, 3.63) is 20.8 Å². The molecular formula is C13H14ClN3OS. The zero-order chi connectivity index (χ0) is 13.4. The molecule has 3 fully saturated rings. The van der Waals surface area contributed by atoms with Gasteiger partial charge in [0.25, 0.3) is 5.91 Å². The molecule has 0 aromatic carbocycles. The number of nitrogens with one attached hydrogen (secondary N) is 1. The molecule has 4 nitrogen and oxygen atoms in total. The van der Waals surface area contributed by atoms with E-state index in [2.05, 4.69) is 10.2 Å². The molecule has 6 heteroatoms. The molecule has 3 saturated heterocycles. The van der Waals surface area contributed by atoms with E-state index in [0.717, 1.165) is 31.0 Å². The zero-order valence-corrected chi connectivity index (χ0v) is 11.9. The lowest BCUT2D eigenvalue weighted by atomic mass is 9.84. The summed E-state index contributed by atoms with van der Waals surface area (Å²) < 4.78 is 0. The molecule has 0 spiro atoms. The van der Waals surface area contributed by atoms with Crippen LogP contribution in [0.5, 0.6) is 0 Å². The van der Waals surface area contributed by atoms with Crippen LogP contribution in [0, 0.1) is 17.2 Å². The summed E-state index contributed by atoms with van der Waals surface area (Å²) in [6.45, 7) is 3.25. The van der Waals surface area contributed by atoms with Gasteiger partial charge in [0.2, 0.25) is 0 Å². The number of thiophene rings is 1. The van der Waals surface area contributed by atoms with Gasteiger partial charge in [-0.1, -0.05) is 11.6 Å². The largest absolute Gasteiger partial charge is 0.347 e. The number of rotatable bonds is 2. The summed E-state index contributed by atoms with van der Waals surface area (Å²) in [5.41, 5.74) is 0. The number of halogens is 1. The highest BCUT2D eigenvalue weighted by atomic mass is 35.5. The van der Waals surface area contributed by atoms with Gasteiger partial charge in [-0.3, -0.25) is 4.79 Å². The molecule has 4 heterocycles. The van der Waals surface area contributed by atoms with Gasteiger partial charge in [0.1, 0.15) is 10.9 Å². The minimum Gasteiger partial charge on any atom is -0.347 e. The van der Waals surface area contributed by atoms with Crippen LogP contribution >= 0.6 is 22.9 Å². The van der Waals surface area contributed by atoms with Crippen molar-refractivity contribution in [3.8, 4) is 6.07 Å². The maximum absolute atomic E-state index is 12.2. The second-order valence-corrected chi connectivity index (χ2v) is 6.58. The summed E-state index contributed by atoms with van der Waals surface area (Å²) in [5.74, 6) is 0.493. The molecule has 0 saturated carbocycles. The van der Waals surface area contributed by atoms with E-state index in [9.17, 15) is 4.79 Å². The van der Waals surface area contributed by atoms with E-state index in [4.69, 9.17) is 16.9 Å². The molecule has 1 unspecified atom stereocenters. The van der Waals surface area contributed by atoms with Crippen LogP contribution in [-0.4, -0.2) is 36.5 Å². The van der Waals surface area contributed by atoms with Crippen LogP contribution in [0.3, 0.4) is 0 Å². The normalized spacial score (nSPS) is 28.9. The average Bonchev–Trinajstić information content (AvgIpc) is 2.81. The number of fused-ring (bicyclic) bond motifs is 3. The van der Waals surface area contributed by atoms with Gasteiger partial charge in [0.05, 0.1) is 9.90 Å². The van der Waals surface area contributed by atoms with Gasteiger partial charge in [0, 0.05) is 12.6 Å². The van der Waals surface area contributed by atoms with E-state index in [1.807, 2.05) is 6.07 Å². The van der Waals surface area contributed by atoms with Gasteiger partial charge in [-0.2, -0.15) is 5.26 Å².